The highest BCUT2D eigenvalue weighted by Gasteiger charge is 2.34. The lowest BCUT2D eigenvalue weighted by atomic mass is 9.82. The molecule has 0 bridgehead atoms. The lowest BCUT2D eigenvalue weighted by molar-refractivity contribution is -0.127. The van der Waals surface area contributed by atoms with Crippen LogP contribution in [0.25, 0.3) is 10.8 Å². The lowest BCUT2D eigenvalue weighted by Gasteiger charge is -2.31. The second kappa shape index (κ2) is 6.49. The number of carbonyl (C=O) groups excluding carboxylic acids is 1. The van der Waals surface area contributed by atoms with Crippen LogP contribution < -0.4 is 11.1 Å². The number of benzene rings is 2. The van der Waals surface area contributed by atoms with Crippen molar-refractivity contribution in [2.45, 2.75) is 44.1 Å². The molecule has 116 valence electrons. The van der Waals surface area contributed by atoms with E-state index < -0.39 is 5.54 Å². The van der Waals surface area contributed by atoms with Crippen molar-refractivity contribution in [1.29, 1.82) is 0 Å². The van der Waals surface area contributed by atoms with E-state index in [1.54, 1.807) is 0 Å². The summed E-state index contributed by atoms with van der Waals surface area (Å²) in [6.07, 6.45) is 5.78. The minimum atomic E-state index is -0.642. The summed E-state index contributed by atoms with van der Waals surface area (Å²) in [5.74, 6) is 0.0208. The Balaban J connectivity index is 1.61. The second-order valence-corrected chi connectivity index (χ2v) is 6.36. The van der Waals surface area contributed by atoms with Crippen LogP contribution in [0.4, 0.5) is 0 Å². The number of nitrogens with one attached hydrogen (secondary N) is 1. The third-order valence-corrected chi connectivity index (χ3v) is 4.76. The highest BCUT2D eigenvalue weighted by Crippen LogP contribution is 2.26. The van der Waals surface area contributed by atoms with Crippen LogP contribution >= 0.6 is 0 Å². The minimum Gasteiger partial charge on any atom is -0.354 e. The fourth-order valence-corrected chi connectivity index (χ4v) is 3.41. The first-order chi connectivity index (χ1) is 10.7. The van der Waals surface area contributed by atoms with Crippen molar-refractivity contribution in [1.82, 2.24) is 5.32 Å². The molecule has 1 fully saturated rings. The molecule has 0 heterocycles. The number of rotatable bonds is 4. The molecular formula is C19H24N2O. The predicted octanol–water partition coefficient (Wildman–Crippen LogP) is 3.16. The molecule has 1 aliphatic carbocycles. The van der Waals surface area contributed by atoms with Crippen LogP contribution in [0, 0.1) is 0 Å². The van der Waals surface area contributed by atoms with Gasteiger partial charge in [0.25, 0.3) is 0 Å². The van der Waals surface area contributed by atoms with Gasteiger partial charge in [0, 0.05) is 6.54 Å². The average Bonchev–Trinajstić information content (AvgIpc) is 2.55. The summed E-state index contributed by atoms with van der Waals surface area (Å²) in [5, 5.41) is 5.55. The number of carbonyl (C=O) groups is 1. The maximum absolute atomic E-state index is 12.3. The van der Waals surface area contributed by atoms with Gasteiger partial charge in [-0.3, -0.25) is 4.79 Å². The van der Waals surface area contributed by atoms with Crippen LogP contribution in [0.15, 0.2) is 42.5 Å². The molecule has 22 heavy (non-hydrogen) atoms. The summed E-state index contributed by atoms with van der Waals surface area (Å²) in [7, 11) is 0. The van der Waals surface area contributed by atoms with Gasteiger partial charge in [-0.25, -0.2) is 0 Å². The number of hydrogen-bond donors (Lipinski definition) is 2. The number of hydrogen-bond acceptors (Lipinski definition) is 2. The van der Waals surface area contributed by atoms with E-state index in [4.69, 9.17) is 5.73 Å². The smallest absolute Gasteiger partial charge is 0.240 e. The van der Waals surface area contributed by atoms with E-state index in [0.717, 1.165) is 32.1 Å². The molecule has 1 aliphatic rings. The molecule has 3 nitrogen and oxygen atoms in total. The number of amides is 1. The summed E-state index contributed by atoms with van der Waals surface area (Å²) in [6, 6.07) is 14.7. The fraction of sp³-hybridized carbons (Fsp3) is 0.421. The van der Waals surface area contributed by atoms with Crippen molar-refractivity contribution in [3.8, 4) is 0 Å². The summed E-state index contributed by atoms with van der Waals surface area (Å²) in [6.45, 7) is 0.645. The van der Waals surface area contributed by atoms with Crippen LogP contribution in [0.1, 0.15) is 37.7 Å². The van der Waals surface area contributed by atoms with Gasteiger partial charge >= 0.3 is 0 Å². The van der Waals surface area contributed by atoms with Gasteiger partial charge < -0.3 is 11.1 Å². The second-order valence-electron chi connectivity index (χ2n) is 6.36. The van der Waals surface area contributed by atoms with Crippen molar-refractivity contribution in [2.24, 2.45) is 5.73 Å². The molecule has 1 amide bonds. The molecule has 0 radical (unpaired) electrons. The molecule has 0 aliphatic heterocycles. The van der Waals surface area contributed by atoms with Crippen LogP contribution in [-0.4, -0.2) is 18.0 Å². The fourth-order valence-electron chi connectivity index (χ4n) is 3.41. The SMILES string of the molecule is NC1(C(=O)NCCc2cccc3ccccc23)CCCCC1. The van der Waals surface area contributed by atoms with Crippen molar-refractivity contribution in [3.63, 3.8) is 0 Å². The zero-order chi connectivity index (χ0) is 15.4. The Labute approximate surface area is 131 Å². The molecule has 0 aromatic heterocycles. The molecule has 0 unspecified atom stereocenters. The third-order valence-electron chi connectivity index (χ3n) is 4.76. The van der Waals surface area contributed by atoms with Crippen molar-refractivity contribution in [3.05, 3.63) is 48.0 Å². The summed E-state index contributed by atoms with van der Waals surface area (Å²) >= 11 is 0. The Bertz CT molecular complexity index is 654. The predicted molar refractivity (Wildman–Crippen MR) is 90.7 cm³/mol. The molecule has 1 saturated carbocycles. The van der Waals surface area contributed by atoms with Gasteiger partial charge in [0.2, 0.25) is 5.91 Å². The number of fused-ring (bicyclic) bond motifs is 1. The van der Waals surface area contributed by atoms with Gasteiger partial charge in [-0.2, -0.15) is 0 Å². The lowest BCUT2D eigenvalue weighted by Crippen LogP contribution is -2.55. The van der Waals surface area contributed by atoms with E-state index in [1.165, 1.54) is 22.8 Å². The van der Waals surface area contributed by atoms with E-state index in [-0.39, 0.29) is 5.91 Å². The van der Waals surface area contributed by atoms with Crippen molar-refractivity contribution >= 4 is 16.7 Å². The Morgan fingerprint density at radius 3 is 2.59 bits per heavy atom. The zero-order valence-corrected chi connectivity index (χ0v) is 13.0. The Morgan fingerprint density at radius 2 is 1.77 bits per heavy atom. The van der Waals surface area contributed by atoms with E-state index >= 15 is 0 Å². The van der Waals surface area contributed by atoms with Gasteiger partial charge in [0.1, 0.15) is 0 Å². The van der Waals surface area contributed by atoms with Gasteiger partial charge in [-0.15, -0.1) is 0 Å². The first-order valence-corrected chi connectivity index (χ1v) is 8.23. The maximum Gasteiger partial charge on any atom is 0.240 e. The summed E-state index contributed by atoms with van der Waals surface area (Å²) < 4.78 is 0. The molecule has 0 spiro atoms. The largest absolute Gasteiger partial charge is 0.354 e. The topological polar surface area (TPSA) is 55.1 Å². The summed E-state index contributed by atoms with van der Waals surface area (Å²) in [5.41, 5.74) is 6.89. The van der Waals surface area contributed by atoms with Gasteiger partial charge in [-0.1, -0.05) is 61.7 Å². The Morgan fingerprint density at radius 1 is 1.05 bits per heavy atom. The van der Waals surface area contributed by atoms with Crippen LogP contribution in [0.2, 0.25) is 0 Å². The molecule has 3 N–H and O–H groups in total. The molecule has 2 aromatic carbocycles. The van der Waals surface area contributed by atoms with E-state index in [0.29, 0.717) is 6.54 Å². The monoisotopic (exact) mass is 296 g/mol. The molecule has 3 rings (SSSR count). The first kappa shape index (κ1) is 15.0. The zero-order valence-electron chi connectivity index (χ0n) is 13.0. The Kier molecular flexibility index (Phi) is 4.44. The third kappa shape index (κ3) is 3.14. The normalized spacial score (nSPS) is 17.3. The Hall–Kier alpha value is -1.87. The summed E-state index contributed by atoms with van der Waals surface area (Å²) in [4.78, 5) is 12.3. The van der Waals surface area contributed by atoms with Crippen LogP contribution in [-0.2, 0) is 11.2 Å². The molecule has 0 atom stereocenters. The van der Waals surface area contributed by atoms with E-state index in [1.807, 2.05) is 0 Å². The number of nitrogens with two attached hydrogens (primary N) is 1. The first-order valence-electron chi connectivity index (χ1n) is 8.23. The van der Waals surface area contributed by atoms with E-state index in [2.05, 4.69) is 47.8 Å². The van der Waals surface area contributed by atoms with Crippen molar-refractivity contribution < 1.29 is 4.79 Å². The molecule has 3 heteroatoms. The standard InChI is InChI=1S/C19H24N2O/c20-19(12-4-1-5-13-19)18(22)21-14-11-16-9-6-8-15-7-2-3-10-17(15)16/h2-3,6-10H,1,4-5,11-14,20H2,(H,21,22). The van der Waals surface area contributed by atoms with E-state index in [9.17, 15) is 4.79 Å². The minimum absolute atomic E-state index is 0.0208. The highest BCUT2D eigenvalue weighted by molar-refractivity contribution is 5.87. The van der Waals surface area contributed by atoms with Crippen LogP contribution in [0.5, 0.6) is 0 Å². The molecule has 0 saturated heterocycles. The van der Waals surface area contributed by atoms with Gasteiger partial charge in [0.15, 0.2) is 0 Å². The van der Waals surface area contributed by atoms with Gasteiger partial charge in [0.05, 0.1) is 5.54 Å². The molecular weight excluding hydrogens is 272 g/mol. The molecule has 2 aromatic rings. The maximum atomic E-state index is 12.3. The highest BCUT2D eigenvalue weighted by atomic mass is 16.2. The quantitative estimate of drug-likeness (QED) is 0.910. The average molecular weight is 296 g/mol. The van der Waals surface area contributed by atoms with Crippen molar-refractivity contribution in [2.75, 3.05) is 6.54 Å². The van der Waals surface area contributed by atoms with Gasteiger partial charge in [-0.05, 0) is 35.6 Å². The van der Waals surface area contributed by atoms with Crippen LogP contribution in [0.3, 0.4) is 0 Å².